The van der Waals surface area contributed by atoms with Gasteiger partial charge in [0.25, 0.3) is 5.69 Å². The molecule has 0 aliphatic heterocycles. The standard InChI is InChI=1S/C20H15NO5/c22-20(26-19-12-10-17(11-13-19)21(23)24)16-8-6-15(7-9-16)14-25-18-4-2-1-3-5-18/h1-13H,14H2. The minimum atomic E-state index is -0.533. The Bertz CT molecular complexity index is 890. The van der Waals surface area contributed by atoms with E-state index in [1.807, 2.05) is 30.3 Å². The third-order valence-electron chi connectivity index (χ3n) is 3.60. The zero-order valence-corrected chi connectivity index (χ0v) is 13.7. The number of esters is 1. The summed E-state index contributed by atoms with van der Waals surface area (Å²) in [4.78, 5) is 22.2. The first-order valence-electron chi connectivity index (χ1n) is 7.85. The maximum absolute atomic E-state index is 12.1. The predicted molar refractivity (Wildman–Crippen MR) is 95.3 cm³/mol. The Morgan fingerprint density at radius 1 is 0.846 bits per heavy atom. The van der Waals surface area contributed by atoms with Crippen molar-refractivity contribution in [1.82, 2.24) is 0 Å². The van der Waals surface area contributed by atoms with E-state index in [9.17, 15) is 14.9 Å². The number of non-ortho nitro benzene ring substituents is 1. The second-order valence-electron chi connectivity index (χ2n) is 5.44. The SMILES string of the molecule is O=C(Oc1ccc([N+](=O)[O-])cc1)c1ccc(COc2ccccc2)cc1. The number of benzene rings is 3. The van der Waals surface area contributed by atoms with Crippen molar-refractivity contribution in [3.63, 3.8) is 0 Å². The van der Waals surface area contributed by atoms with Crippen LogP contribution in [0.15, 0.2) is 78.9 Å². The van der Waals surface area contributed by atoms with Crippen LogP contribution in [0.25, 0.3) is 0 Å². The average molecular weight is 349 g/mol. The van der Waals surface area contributed by atoms with Crippen LogP contribution >= 0.6 is 0 Å². The fraction of sp³-hybridized carbons (Fsp3) is 0.0500. The van der Waals surface area contributed by atoms with Crippen LogP contribution in [0.5, 0.6) is 11.5 Å². The van der Waals surface area contributed by atoms with Gasteiger partial charge in [-0.15, -0.1) is 0 Å². The summed E-state index contributed by atoms with van der Waals surface area (Å²) < 4.78 is 10.9. The number of carbonyl (C=O) groups is 1. The molecule has 0 aliphatic rings. The zero-order chi connectivity index (χ0) is 18.4. The van der Waals surface area contributed by atoms with Gasteiger partial charge in [0.1, 0.15) is 18.1 Å². The second kappa shape index (κ2) is 7.94. The molecule has 0 unspecified atom stereocenters. The van der Waals surface area contributed by atoms with Crippen LogP contribution in [0.4, 0.5) is 5.69 Å². The van der Waals surface area contributed by atoms with Crippen molar-refractivity contribution >= 4 is 11.7 Å². The van der Waals surface area contributed by atoms with Crippen molar-refractivity contribution in [2.75, 3.05) is 0 Å². The summed E-state index contributed by atoms with van der Waals surface area (Å²) in [6, 6.07) is 21.7. The summed E-state index contributed by atoms with van der Waals surface area (Å²) in [5, 5.41) is 10.6. The number of rotatable bonds is 6. The summed E-state index contributed by atoms with van der Waals surface area (Å²) in [6.07, 6.45) is 0. The Labute approximate surface area is 149 Å². The van der Waals surface area contributed by atoms with Crippen LogP contribution in [-0.2, 0) is 6.61 Å². The average Bonchev–Trinajstić information content (AvgIpc) is 2.68. The van der Waals surface area contributed by atoms with Crippen LogP contribution in [0.1, 0.15) is 15.9 Å². The molecule has 6 heteroatoms. The molecule has 0 spiro atoms. The van der Waals surface area contributed by atoms with E-state index >= 15 is 0 Å². The van der Waals surface area contributed by atoms with Crippen LogP contribution < -0.4 is 9.47 Å². The molecule has 0 N–H and O–H groups in total. The molecule has 3 rings (SSSR count). The van der Waals surface area contributed by atoms with Gasteiger partial charge in [-0.2, -0.15) is 0 Å². The van der Waals surface area contributed by atoms with Gasteiger partial charge in [-0.25, -0.2) is 4.79 Å². The second-order valence-corrected chi connectivity index (χ2v) is 5.44. The Kier molecular flexibility index (Phi) is 5.24. The smallest absolute Gasteiger partial charge is 0.343 e. The van der Waals surface area contributed by atoms with Crippen molar-refractivity contribution in [3.05, 3.63) is 100 Å². The lowest BCUT2D eigenvalue weighted by atomic mass is 10.1. The van der Waals surface area contributed by atoms with Gasteiger partial charge in [0.05, 0.1) is 10.5 Å². The molecule has 0 saturated heterocycles. The molecule has 130 valence electrons. The summed E-state index contributed by atoms with van der Waals surface area (Å²) in [5.41, 5.74) is 1.24. The topological polar surface area (TPSA) is 78.7 Å². The quantitative estimate of drug-likeness (QED) is 0.285. The molecule has 3 aromatic rings. The van der Waals surface area contributed by atoms with E-state index < -0.39 is 10.9 Å². The highest BCUT2D eigenvalue weighted by molar-refractivity contribution is 5.91. The van der Waals surface area contributed by atoms with Crippen LogP contribution in [0.3, 0.4) is 0 Å². The van der Waals surface area contributed by atoms with E-state index in [2.05, 4.69) is 0 Å². The lowest BCUT2D eigenvalue weighted by Crippen LogP contribution is -2.08. The van der Waals surface area contributed by atoms with Crippen LogP contribution in [0, 0.1) is 10.1 Å². The van der Waals surface area contributed by atoms with Gasteiger partial charge in [-0.3, -0.25) is 10.1 Å². The number of para-hydroxylation sites is 1. The van der Waals surface area contributed by atoms with Gasteiger partial charge in [0.15, 0.2) is 0 Å². The summed E-state index contributed by atoms with van der Waals surface area (Å²) in [7, 11) is 0. The number of nitro groups is 1. The molecule has 0 atom stereocenters. The highest BCUT2D eigenvalue weighted by Gasteiger charge is 2.10. The first kappa shape index (κ1) is 17.2. The highest BCUT2D eigenvalue weighted by Crippen LogP contribution is 2.19. The fourth-order valence-corrected chi connectivity index (χ4v) is 2.22. The first-order chi connectivity index (χ1) is 12.6. The van der Waals surface area contributed by atoms with Gasteiger partial charge in [0.2, 0.25) is 0 Å². The van der Waals surface area contributed by atoms with Crippen LogP contribution in [0.2, 0.25) is 0 Å². The van der Waals surface area contributed by atoms with Crippen molar-refractivity contribution in [2.24, 2.45) is 0 Å². The van der Waals surface area contributed by atoms with Gasteiger partial charge < -0.3 is 9.47 Å². The Hall–Kier alpha value is -3.67. The molecule has 0 bridgehead atoms. The largest absolute Gasteiger partial charge is 0.489 e. The molecule has 0 heterocycles. The van der Waals surface area contributed by atoms with Gasteiger partial charge in [-0.05, 0) is 42.0 Å². The lowest BCUT2D eigenvalue weighted by Gasteiger charge is -2.07. The normalized spacial score (nSPS) is 10.2. The Morgan fingerprint density at radius 2 is 1.50 bits per heavy atom. The van der Waals surface area contributed by atoms with Crippen molar-refractivity contribution in [1.29, 1.82) is 0 Å². The molecule has 0 fully saturated rings. The molecule has 0 aliphatic carbocycles. The van der Waals surface area contributed by atoms with E-state index in [0.717, 1.165) is 11.3 Å². The Balaban J connectivity index is 1.58. The van der Waals surface area contributed by atoms with Gasteiger partial charge >= 0.3 is 5.97 Å². The summed E-state index contributed by atoms with van der Waals surface area (Å²) in [5.74, 6) is 0.487. The molecular weight excluding hydrogens is 334 g/mol. The third kappa shape index (κ3) is 4.45. The molecule has 6 nitrogen and oxygen atoms in total. The zero-order valence-electron chi connectivity index (χ0n) is 13.7. The minimum absolute atomic E-state index is 0.0624. The van der Waals surface area contributed by atoms with E-state index in [-0.39, 0.29) is 11.4 Å². The highest BCUT2D eigenvalue weighted by atomic mass is 16.6. The summed E-state index contributed by atoms with van der Waals surface area (Å²) in [6.45, 7) is 0.391. The number of hydrogen-bond acceptors (Lipinski definition) is 5. The van der Waals surface area contributed by atoms with E-state index in [4.69, 9.17) is 9.47 Å². The monoisotopic (exact) mass is 349 g/mol. The third-order valence-corrected chi connectivity index (χ3v) is 3.60. The molecule has 0 aromatic heterocycles. The van der Waals surface area contributed by atoms with E-state index in [1.54, 1.807) is 24.3 Å². The fourth-order valence-electron chi connectivity index (χ4n) is 2.22. The van der Waals surface area contributed by atoms with E-state index in [0.29, 0.717) is 12.2 Å². The number of ether oxygens (including phenoxy) is 2. The van der Waals surface area contributed by atoms with Crippen molar-refractivity contribution in [3.8, 4) is 11.5 Å². The Morgan fingerprint density at radius 3 is 2.12 bits per heavy atom. The van der Waals surface area contributed by atoms with Crippen molar-refractivity contribution in [2.45, 2.75) is 6.61 Å². The first-order valence-corrected chi connectivity index (χ1v) is 7.85. The number of hydrogen-bond donors (Lipinski definition) is 0. The molecule has 26 heavy (non-hydrogen) atoms. The molecule has 0 amide bonds. The molecular formula is C20H15NO5. The molecule has 0 radical (unpaired) electrons. The minimum Gasteiger partial charge on any atom is -0.489 e. The summed E-state index contributed by atoms with van der Waals surface area (Å²) >= 11 is 0. The maximum Gasteiger partial charge on any atom is 0.343 e. The predicted octanol–water partition coefficient (Wildman–Crippen LogP) is 4.39. The lowest BCUT2D eigenvalue weighted by molar-refractivity contribution is -0.384. The molecule has 0 saturated carbocycles. The van der Waals surface area contributed by atoms with Crippen LogP contribution in [-0.4, -0.2) is 10.9 Å². The van der Waals surface area contributed by atoms with Gasteiger partial charge in [-0.1, -0.05) is 30.3 Å². The number of nitro benzene ring substituents is 1. The van der Waals surface area contributed by atoms with Crippen molar-refractivity contribution < 1.29 is 19.2 Å². The molecule has 3 aromatic carbocycles. The number of carbonyl (C=O) groups excluding carboxylic acids is 1. The number of nitrogens with zero attached hydrogens (tertiary/aromatic N) is 1. The van der Waals surface area contributed by atoms with Gasteiger partial charge in [0, 0.05) is 12.1 Å². The maximum atomic E-state index is 12.1. The van der Waals surface area contributed by atoms with E-state index in [1.165, 1.54) is 24.3 Å².